The van der Waals surface area contributed by atoms with Gasteiger partial charge in [-0.2, -0.15) is 0 Å². The Morgan fingerprint density at radius 2 is 1.86 bits per heavy atom. The molecule has 0 bridgehead atoms. The fraction of sp³-hybridized carbons (Fsp3) is 0.188. The SMILES string of the molecule is O=C(Cc1cccc(F)c1)c1cc2c(cc1Cl)OCCO2. The maximum absolute atomic E-state index is 13.2. The van der Waals surface area contributed by atoms with Crippen LogP contribution >= 0.6 is 11.6 Å². The molecule has 0 fully saturated rings. The van der Waals surface area contributed by atoms with E-state index in [0.717, 1.165) is 0 Å². The van der Waals surface area contributed by atoms with Crippen molar-refractivity contribution in [1.82, 2.24) is 0 Å². The summed E-state index contributed by atoms with van der Waals surface area (Å²) in [6.45, 7) is 0.895. The van der Waals surface area contributed by atoms with Gasteiger partial charge in [0.15, 0.2) is 17.3 Å². The quantitative estimate of drug-likeness (QED) is 0.812. The topological polar surface area (TPSA) is 35.5 Å². The van der Waals surface area contributed by atoms with Gasteiger partial charge in [0.1, 0.15) is 19.0 Å². The molecule has 2 aromatic carbocycles. The standard InChI is InChI=1S/C16H12ClFO3/c17-13-9-16-15(20-4-5-21-16)8-12(13)14(19)7-10-2-1-3-11(18)6-10/h1-3,6,8-9H,4-5,7H2. The van der Waals surface area contributed by atoms with Crippen LogP contribution < -0.4 is 9.47 Å². The van der Waals surface area contributed by atoms with Crippen LogP contribution in [0.2, 0.25) is 5.02 Å². The van der Waals surface area contributed by atoms with Crippen LogP contribution in [0.1, 0.15) is 15.9 Å². The van der Waals surface area contributed by atoms with E-state index in [4.69, 9.17) is 21.1 Å². The summed E-state index contributed by atoms with van der Waals surface area (Å²) in [7, 11) is 0. The number of ether oxygens (including phenoxy) is 2. The zero-order valence-corrected chi connectivity index (χ0v) is 11.8. The highest BCUT2D eigenvalue weighted by atomic mass is 35.5. The van der Waals surface area contributed by atoms with Crippen molar-refractivity contribution in [1.29, 1.82) is 0 Å². The van der Waals surface area contributed by atoms with Crippen LogP contribution in [-0.2, 0) is 6.42 Å². The Kier molecular flexibility index (Phi) is 3.80. The summed E-state index contributed by atoms with van der Waals surface area (Å²) in [4.78, 5) is 12.3. The lowest BCUT2D eigenvalue weighted by molar-refractivity contribution is 0.0992. The summed E-state index contributed by atoms with van der Waals surface area (Å²) >= 11 is 6.12. The van der Waals surface area contributed by atoms with Crippen molar-refractivity contribution in [2.45, 2.75) is 6.42 Å². The average Bonchev–Trinajstić information content (AvgIpc) is 2.46. The first kappa shape index (κ1) is 13.9. The predicted molar refractivity (Wildman–Crippen MR) is 76.9 cm³/mol. The highest BCUT2D eigenvalue weighted by Crippen LogP contribution is 2.35. The molecule has 0 N–H and O–H groups in total. The van der Waals surface area contributed by atoms with Crippen LogP contribution in [0.3, 0.4) is 0 Å². The monoisotopic (exact) mass is 306 g/mol. The molecule has 0 amide bonds. The van der Waals surface area contributed by atoms with Crippen LogP contribution in [0.25, 0.3) is 0 Å². The van der Waals surface area contributed by atoms with Crippen molar-refractivity contribution in [2.24, 2.45) is 0 Å². The van der Waals surface area contributed by atoms with E-state index >= 15 is 0 Å². The largest absolute Gasteiger partial charge is 0.486 e. The molecule has 21 heavy (non-hydrogen) atoms. The number of benzene rings is 2. The minimum atomic E-state index is -0.367. The summed E-state index contributed by atoms with van der Waals surface area (Å²) in [6, 6.07) is 9.11. The molecule has 0 saturated heterocycles. The summed E-state index contributed by atoms with van der Waals surface area (Å²) in [5, 5.41) is 0.306. The minimum Gasteiger partial charge on any atom is -0.486 e. The van der Waals surface area contributed by atoms with Crippen molar-refractivity contribution in [3.8, 4) is 11.5 Å². The lowest BCUT2D eigenvalue weighted by Crippen LogP contribution is -2.16. The van der Waals surface area contributed by atoms with Crippen molar-refractivity contribution < 1.29 is 18.7 Å². The number of carbonyl (C=O) groups excluding carboxylic acids is 1. The van der Waals surface area contributed by atoms with Crippen molar-refractivity contribution >= 4 is 17.4 Å². The normalized spacial score (nSPS) is 13.0. The molecular weight excluding hydrogens is 295 g/mol. The van der Waals surface area contributed by atoms with Gasteiger partial charge in [-0.05, 0) is 23.8 Å². The third kappa shape index (κ3) is 3.00. The predicted octanol–water partition coefficient (Wildman–Crippen LogP) is 3.68. The molecule has 108 valence electrons. The molecule has 0 radical (unpaired) electrons. The Hall–Kier alpha value is -2.07. The number of halogens is 2. The molecule has 2 aromatic rings. The molecule has 5 heteroatoms. The van der Waals surface area contributed by atoms with Crippen molar-refractivity contribution in [3.05, 3.63) is 58.4 Å². The number of fused-ring (bicyclic) bond motifs is 1. The van der Waals surface area contributed by atoms with Gasteiger partial charge in [0.2, 0.25) is 0 Å². The van der Waals surface area contributed by atoms with E-state index in [9.17, 15) is 9.18 Å². The average molecular weight is 307 g/mol. The molecule has 0 unspecified atom stereocenters. The number of carbonyl (C=O) groups is 1. The first-order valence-corrected chi connectivity index (χ1v) is 6.88. The summed E-state index contributed by atoms with van der Waals surface area (Å²) in [5.41, 5.74) is 0.955. The first-order valence-electron chi connectivity index (χ1n) is 6.50. The highest BCUT2D eigenvalue weighted by Gasteiger charge is 2.19. The molecule has 0 saturated carbocycles. The number of ketones is 1. The lowest BCUT2D eigenvalue weighted by atomic mass is 10.0. The highest BCUT2D eigenvalue weighted by molar-refractivity contribution is 6.34. The van der Waals surface area contributed by atoms with Gasteiger partial charge in [0, 0.05) is 18.1 Å². The Labute approximate surface area is 126 Å². The molecule has 0 aromatic heterocycles. The molecule has 1 aliphatic heterocycles. The Bertz CT molecular complexity index is 700. The van der Waals surface area contributed by atoms with Crippen LogP contribution in [0.5, 0.6) is 11.5 Å². The van der Waals surface area contributed by atoms with Gasteiger partial charge in [0.25, 0.3) is 0 Å². The van der Waals surface area contributed by atoms with Gasteiger partial charge in [-0.3, -0.25) is 4.79 Å². The zero-order chi connectivity index (χ0) is 14.8. The molecule has 0 atom stereocenters. The second kappa shape index (κ2) is 5.74. The Morgan fingerprint density at radius 3 is 2.57 bits per heavy atom. The van der Waals surface area contributed by atoms with Crippen LogP contribution in [0.15, 0.2) is 36.4 Å². The Morgan fingerprint density at radius 1 is 1.14 bits per heavy atom. The van der Waals surface area contributed by atoms with Gasteiger partial charge >= 0.3 is 0 Å². The number of Topliss-reactive ketones (excluding diaryl/α,β-unsaturated/α-hetero) is 1. The fourth-order valence-corrected chi connectivity index (χ4v) is 2.46. The molecular formula is C16H12ClFO3. The number of rotatable bonds is 3. The van der Waals surface area contributed by atoms with Gasteiger partial charge in [0.05, 0.1) is 5.02 Å². The smallest absolute Gasteiger partial charge is 0.168 e. The van der Waals surface area contributed by atoms with Crippen LogP contribution in [0.4, 0.5) is 4.39 Å². The van der Waals surface area contributed by atoms with Crippen LogP contribution in [-0.4, -0.2) is 19.0 Å². The second-order valence-electron chi connectivity index (χ2n) is 4.71. The first-order chi connectivity index (χ1) is 10.1. The van der Waals surface area contributed by atoms with E-state index in [1.807, 2.05) is 0 Å². The van der Waals surface area contributed by atoms with Crippen LogP contribution in [0, 0.1) is 5.82 Å². The molecule has 1 aliphatic rings. The molecule has 0 aliphatic carbocycles. The molecule has 3 nitrogen and oxygen atoms in total. The zero-order valence-electron chi connectivity index (χ0n) is 11.1. The third-order valence-corrected chi connectivity index (χ3v) is 3.50. The third-order valence-electron chi connectivity index (χ3n) is 3.19. The van der Waals surface area contributed by atoms with Gasteiger partial charge in [-0.25, -0.2) is 4.39 Å². The summed E-state index contributed by atoms with van der Waals surface area (Å²) in [5.74, 6) is 0.484. The molecule has 0 spiro atoms. The summed E-state index contributed by atoms with van der Waals surface area (Å²) in [6.07, 6.45) is 0.0805. The van der Waals surface area contributed by atoms with Crippen molar-refractivity contribution in [3.63, 3.8) is 0 Å². The second-order valence-corrected chi connectivity index (χ2v) is 5.11. The van der Waals surface area contributed by atoms with Crippen molar-refractivity contribution in [2.75, 3.05) is 13.2 Å². The maximum atomic E-state index is 13.2. The van der Waals surface area contributed by atoms with Gasteiger partial charge < -0.3 is 9.47 Å². The molecule has 3 rings (SSSR count). The van der Waals surface area contributed by atoms with E-state index in [-0.39, 0.29) is 18.0 Å². The van der Waals surface area contributed by atoms with Gasteiger partial charge in [-0.1, -0.05) is 23.7 Å². The van der Waals surface area contributed by atoms with E-state index in [1.54, 1.807) is 24.3 Å². The lowest BCUT2D eigenvalue weighted by Gasteiger charge is -2.19. The number of hydrogen-bond donors (Lipinski definition) is 0. The fourth-order valence-electron chi connectivity index (χ4n) is 2.21. The molecule has 1 heterocycles. The minimum absolute atomic E-state index is 0.0805. The Balaban J connectivity index is 1.87. The summed E-state index contributed by atoms with van der Waals surface area (Å²) < 4.78 is 24.0. The van der Waals surface area contributed by atoms with Gasteiger partial charge in [-0.15, -0.1) is 0 Å². The van der Waals surface area contributed by atoms with E-state index in [1.165, 1.54) is 12.1 Å². The van der Waals surface area contributed by atoms with E-state index < -0.39 is 0 Å². The van der Waals surface area contributed by atoms with E-state index in [0.29, 0.717) is 40.9 Å². The maximum Gasteiger partial charge on any atom is 0.168 e. The number of hydrogen-bond acceptors (Lipinski definition) is 3. The van der Waals surface area contributed by atoms with E-state index in [2.05, 4.69) is 0 Å².